The van der Waals surface area contributed by atoms with E-state index in [0.717, 1.165) is 37.1 Å². The minimum Gasteiger partial charge on any atom is -0.497 e. The van der Waals surface area contributed by atoms with Crippen LogP contribution in [0.5, 0.6) is 11.5 Å². The second-order valence-electron chi connectivity index (χ2n) is 9.87. The SMILES string of the molecule is COc1ccc(C2CN(C)Cc3cc(OCC4CCN(C5CCC5)CC4)ccc32)c(F)c1. The molecule has 0 aromatic heterocycles. The molecule has 2 heterocycles. The summed E-state index contributed by atoms with van der Waals surface area (Å²) in [7, 11) is 3.66. The Hall–Kier alpha value is -2.11. The van der Waals surface area contributed by atoms with E-state index in [-0.39, 0.29) is 11.7 Å². The molecule has 2 aliphatic heterocycles. The maximum absolute atomic E-state index is 14.8. The zero-order chi connectivity index (χ0) is 22.1. The Morgan fingerprint density at radius 3 is 2.41 bits per heavy atom. The second kappa shape index (κ2) is 9.40. The van der Waals surface area contributed by atoms with Gasteiger partial charge in [-0.3, -0.25) is 0 Å². The Morgan fingerprint density at radius 1 is 0.969 bits per heavy atom. The number of halogens is 1. The number of benzene rings is 2. The molecule has 2 fully saturated rings. The van der Waals surface area contributed by atoms with Crippen molar-refractivity contribution in [3.05, 3.63) is 58.9 Å². The smallest absolute Gasteiger partial charge is 0.130 e. The zero-order valence-electron chi connectivity index (χ0n) is 19.4. The summed E-state index contributed by atoms with van der Waals surface area (Å²) in [5.41, 5.74) is 3.16. The van der Waals surface area contributed by atoms with Crippen LogP contribution in [-0.4, -0.2) is 56.2 Å². The molecule has 0 radical (unpaired) electrons. The molecule has 5 rings (SSSR count). The van der Waals surface area contributed by atoms with Gasteiger partial charge in [0.05, 0.1) is 13.7 Å². The predicted octanol–water partition coefficient (Wildman–Crippen LogP) is 5.05. The molecule has 4 nitrogen and oxygen atoms in total. The molecule has 0 spiro atoms. The van der Waals surface area contributed by atoms with Crippen LogP contribution in [0.15, 0.2) is 36.4 Å². The molecule has 0 amide bonds. The van der Waals surface area contributed by atoms with Gasteiger partial charge in [0.2, 0.25) is 0 Å². The van der Waals surface area contributed by atoms with Crippen molar-refractivity contribution in [1.82, 2.24) is 9.80 Å². The third-order valence-electron chi connectivity index (χ3n) is 7.73. The molecular weight excluding hydrogens is 403 g/mol. The molecule has 1 unspecified atom stereocenters. The minimum atomic E-state index is -0.204. The molecule has 2 aromatic carbocycles. The lowest BCUT2D eigenvalue weighted by Gasteiger charge is -2.41. The summed E-state index contributed by atoms with van der Waals surface area (Å²) >= 11 is 0. The molecule has 0 bridgehead atoms. The Labute approximate surface area is 191 Å². The van der Waals surface area contributed by atoms with E-state index < -0.39 is 0 Å². The number of hydrogen-bond acceptors (Lipinski definition) is 4. The zero-order valence-corrected chi connectivity index (χ0v) is 19.4. The van der Waals surface area contributed by atoms with Gasteiger partial charge >= 0.3 is 0 Å². The van der Waals surface area contributed by atoms with E-state index in [1.807, 2.05) is 12.1 Å². The van der Waals surface area contributed by atoms with Crippen molar-refractivity contribution in [3.8, 4) is 11.5 Å². The fraction of sp³-hybridized carbons (Fsp3) is 0.556. The lowest BCUT2D eigenvalue weighted by Crippen LogP contribution is -2.45. The number of piperidine rings is 1. The van der Waals surface area contributed by atoms with Gasteiger partial charge in [0.25, 0.3) is 0 Å². The Morgan fingerprint density at radius 2 is 1.72 bits per heavy atom. The number of ether oxygens (including phenoxy) is 2. The van der Waals surface area contributed by atoms with Crippen molar-refractivity contribution in [2.45, 2.75) is 50.6 Å². The van der Waals surface area contributed by atoms with Crippen molar-refractivity contribution in [3.63, 3.8) is 0 Å². The normalized spacial score (nSPS) is 22.9. The Balaban J connectivity index is 1.25. The highest BCUT2D eigenvalue weighted by molar-refractivity contribution is 5.45. The highest BCUT2D eigenvalue weighted by Gasteiger charge is 2.30. The summed E-state index contributed by atoms with van der Waals surface area (Å²) in [5, 5.41) is 0. The van der Waals surface area contributed by atoms with E-state index >= 15 is 0 Å². The van der Waals surface area contributed by atoms with Gasteiger partial charge in [-0.1, -0.05) is 18.6 Å². The fourth-order valence-electron chi connectivity index (χ4n) is 5.55. The first-order chi connectivity index (χ1) is 15.6. The van der Waals surface area contributed by atoms with Gasteiger partial charge < -0.3 is 19.3 Å². The van der Waals surface area contributed by atoms with Crippen molar-refractivity contribution < 1.29 is 13.9 Å². The standard InChI is InChI=1S/C27H35FN2O2/c1-29-16-20-14-23(32-18-19-10-12-30(13-11-19)21-4-3-5-21)7-8-24(20)26(17-29)25-9-6-22(31-2)15-27(25)28/h6-9,14-15,19,21,26H,3-5,10-13,16-18H2,1-2H3. The molecule has 172 valence electrons. The molecule has 1 saturated heterocycles. The first kappa shape index (κ1) is 21.7. The molecule has 3 aliphatic rings. The number of likely N-dealkylation sites (N-methyl/N-ethyl adjacent to an activating group) is 1. The van der Waals surface area contributed by atoms with Crippen LogP contribution in [0, 0.1) is 11.7 Å². The Bertz CT molecular complexity index is 937. The summed E-state index contributed by atoms with van der Waals surface area (Å²) < 4.78 is 26.3. The third kappa shape index (κ3) is 4.51. The maximum Gasteiger partial charge on any atom is 0.130 e. The predicted molar refractivity (Wildman–Crippen MR) is 125 cm³/mol. The topological polar surface area (TPSA) is 24.9 Å². The van der Waals surface area contributed by atoms with Crippen LogP contribution >= 0.6 is 0 Å². The summed E-state index contributed by atoms with van der Waals surface area (Å²) in [4.78, 5) is 4.95. The van der Waals surface area contributed by atoms with Gasteiger partial charge in [-0.25, -0.2) is 4.39 Å². The molecule has 1 atom stereocenters. The molecule has 0 N–H and O–H groups in total. The molecule has 32 heavy (non-hydrogen) atoms. The van der Waals surface area contributed by atoms with Crippen molar-refractivity contribution in [1.29, 1.82) is 0 Å². The third-order valence-corrected chi connectivity index (χ3v) is 7.73. The summed E-state index contributed by atoms with van der Waals surface area (Å²) in [5.74, 6) is 1.95. The van der Waals surface area contributed by atoms with E-state index in [1.165, 1.54) is 62.4 Å². The van der Waals surface area contributed by atoms with E-state index in [4.69, 9.17) is 9.47 Å². The summed E-state index contributed by atoms with van der Waals surface area (Å²) in [6, 6.07) is 12.4. The van der Waals surface area contributed by atoms with Crippen LogP contribution in [-0.2, 0) is 6.54 Å². The van der Waals surface area contributed by atoms with Gasteiger partial charge in [0, 0.05) is 31.1 Å². The van der Waals surface area contributed by atoms with Gasteiger partial charge in [0.15, 0.2) is 0 Å². The number of nitrogens with zero attached hydrogens (tertiary/aromatic N) is 2. The fourth-order valence-corrected chi connectivity index (χ4v) is 5.55. The van der Waals surface area contributed by atoms with E-state index in [1.54, 1.807) is 7.11 Å². The van der Waals surface area contributed by atoms with Crippen LogP contribution in [0.1, 0.15) is 54.7 Å². The first-order valence-corrected chi connectivity index (χ1v) is 12.1. The molecule has 1 saturated carbocycles. The lowest BCUT2D eigenvalue weighted by molar-refractivity contribution is 0.0708. The van der Waals surface area contributed by atoms with Crippen LogP contribution in [0.2, 0.25) is 0 Å². The maximum atomic E-state index is 14.8. The second-order valence-corrected chi connectivity index (χ2v) is 9.87. The largest absolute Gasteiger partial charge is 0.497 e. The van der Waals surface area contributed by atoms with E-state index in [9.17, 15) is 4.39 Å². The first-order valence-electron chi connectivity index (χ1n) is 12.1. The average molecular weight is 439 g/mol. The van der Waals surface area contributed by atoms with Crippen LogP contribution in [0.4, 0.5) is 4.39 Å². The summed E-state index contributed by atoms with van der Waals surface area (Å²) in [6.45, 7) is 4.91. The van der Waals surface area contributed by atoms with Gasteiger partial charge in [-0.2, -0.15) is 0 Å². The van der Waals surface area contributed by atoms with Crippen molar-refractivity contribution >= 4 is 0 Å². The summed E-state index contributed by atoms with van der Waals surface area (Å²) in [6.07, 6.45) is 6.68. The highest BCUT2D eigenvalue weighted by Crippen LogP contribution is 2.37. The number of hydrogen-bond donors (Lipinski definition) is 0. The lowest BCUT2D eigenvalue weighted by atomic mass is 9.84. The van der Waals surface area contributed by atoms with E-state index in [0.29, 0.717) is 11.7 Å². The van der Waals surface area contributed by atoms with Crippen molar-refractivity contribution in [2.75, 3.05) is 40.4 Å². The molecule has 5 heteroatoms. The van der Waals surface area contributed by atoms with Gasteiger partial charge in [-0.05, 0) is 86.6 Å². The van der Waals surface area contributed by atoms with Crippen LogP contribution in [0.3, 0.4) is 0 Å². The number of fused-ring (bicyclic) bond motifs is 1. The van der Waals surface area contributed by atoms with E-state index in [2.05, 4.69) is 35.0 Å². The van der Waals surface area contributed by atoms with Gasteiger partial charge in [-0.15, -0.1) is 0 Å². The average Bonchev–Trinajstić information content (AvgIpc) is 2.76. The number of likely N-dealkylation sites (tertiary alicyclic amines) is 1. The van der Waals surface area contributed by atoms with Crippen LogP contribution in [0.25, 0.3) is 0 Å². The highest BCUT2D eigenvalue weighted by atomic mass is 19.1. The monoisotopic (exact) mass is 438 g/mol. The number of methoxy groups -OCH3 is 1. The minimum absolute atomic E-state index is 0.0135. The number of rotatable bonds is 6. The molecular formula is C27H35FN2O2. The van der Waals surface area contributed by atoms with Crippen LogP contribution < -0.4 is 9.47 Å². The quantitative estimate of drug-likeness (QED) is 0.630. The van der Waals surface area contributed by atoms with Crippen molar-refractivity contribution in [2.24, 2.45) is 5.92 Å². The van der Waals surface area contributed by atoms with Gasteiger partial charge in [0.1, 0.15) is 17.3 Å². The molecule has 2 aromatic rings. The molecule has 1 aliphatic carbocycles. The Kier molecular flexibility index (Phi) is 6.38.